The first-order valence-electron chi connectivity index (χ1n) is 5.40. The molecule has 6 heteroatoms. The van der Waals surface area contributed by atoms with Crippen LogP contribution in [0.25, 0.3) is 11.1 Å². The van der Waals surface area contributed by atoms with Crippen LogP contribution in [0.1, 0.15) is 5.69 Å². The van der Waals surface area contributed by atoms with Gasteiger partial charge in [0.15, 0.2) is 0 Å². The summed E-state index contributed by atoms with van der Waals surface area (Å²) in [6.45, 7) is 0. The van der Waals surface area contributed by atoms with E-state index in [-0.39, 0.29) is 12.2 Å². The number of carbonyl (C=O) groups is 1. The third-order valence-corrected chi connectivity index (χ3v) is 3.38. The number of carboxylic acid groups (broad SMARTS) is 1. The van der Waals surface area contributed by atoms with Crippen LogP contribution < -0.4 is 5.73 Å². The van der Waals surface area contributed by atoms with Crippen molar-refractivity contribution in [1.82, 2.24) is 4.98 Å². The van der Waals surface area contributed by atoms with Crippen LogP contribution in [0.15, 0.2) is 30.3 Å². The second-order valence-electron chi connectivity index (χ2n) is 3.90. The molecular formula is C13H10Cl2N2O2. The summed E-state index contributed by atoms with van der Waals surface area (Å²) in [6.07, 6.45) is -0.233. The molecule has 1 aromatic heterocycles. The number of anilines is 1. The van der Waals surface area contributed by atoms with E-state index in [0.717, 1.165) is 0 Å². The summed E-state index contributed by atoms with van der Waals surface area (Å²) in [5, 5.41) is 9.68. The lowest BCUT2D eigenvalue weighted by Crippen LogP contribution is -2.06. The molecule has 0 aliphatic rings. The van der Waals surface area contributed by atoms with Crippen molar-refractivity contribution < 1.29 is 9.90 Å². The fourth-order valence-corrected chi connectivity index (χ4v) is 2.16. The summed E-state index contributed by atoms with van der Waals surface area (Å²) in [5.41, 5.74) is 7.20. The van der Waals surface area contributed by atoms with Crippen LogP contribution in [0.3, 0.4) is 0 Å². The van der Waals surface area contributed by atoms with Gasteiger partial charge in [0.2, 0.25) is 0 Å². The van der Waals surface area contributed by atoms with Gasteiger partial charge in [-0.25, -0.2) is 4.98 Å². The van der Waals surface area contributed by atoms with Gasteiger partial charge in [-0.1, -0.05) is 35.3 Å². The molecule has 0 saturated heterocycles. The third kappa shape index (κ3) is 2.97. The molecule has 2 rings (SSSR count). The molecule has 4 nitrogen and oxygen atoms in total. The monoisotopic (exact) mass is 296 g/mol. The Kier molecular flexibility index (Phi) is 3.93. The van der Waals surface area contributed by atoms with E-state index in [4.69, 9.17) is 34.0 Å². The van der Waals surface area contributed by atoms with Gasteiger partial charge in [-0.05, 0) is 18.2 Å². The first-order valence-corrected chi connectivity index (χ1v) is 6.16. The molecule has 0 radical (unpaired) electrons. The second-order valence-corrected chi connectivity index (χ2v) is 4.69. The molecule has 1 heterocycles. The fourth-order valence-electron chi connectivity index (χ4n) is 1.75. The second kappa shape index (κ2) is 5.47. The fraction of sp³-hybridized carbons (Fsp3) is 0.0769. The van der Waals surface area contributed by atoms with Crippen LogP contribution in [-0.4, -0.2) is 16.1 Å². The zero-order chi connectivity index (χ0) is 14.0. The lowest BCUT2D eigenvalue weighted by molar-refractivity contribution is -0.136. The smallest absolute Gasteiger partial charge is 0.309 e. The van der Waals surface area contributed by atoms with E-state index in [1.54, 1.807) is 30.3 Å². The van der Waals surface area contributed by atoms with Gasteiger partial charge in [0.05, 0.1) is 22.2 Å². The number of pyridine rings is 1. The van der Waals surface area contributed by atoms with Crippen molar-refractivity contribution in [1.29, 1.82) is 0 Å². The topological polar surface area (TPSA) is 76.2 Å². The van der Waals surface area contributed by atoms with E-state index >= 15 is 0 Å². The van der Waals surface area contributed by atoms with Crippen molar-refractivity contribution in [3.63, 3.8) is 0 Å². The summed E-state index contributed by atoms with van der Waals surface area (Å²) in [4.78, 5) is 14.9. The number of hydrogen-bond donors (Lipinski definition) is 2. The third-order valence-electron chi connectivity index (χ3n) is 2.56. The Morgan fingerprint density at radius 3 is 2.63 bits per heavy atom. The minimum atomic E-state index is -0.988. The molecule has 19 heavy (non-hydrogen) atoms. The zero-order valence-electron chi connectivity index (χ0n) is 9.73. The van der Waals surface area contributed by atoms with Crippen molar-refractivity contribution in [2.24, 2.45) is 0 Å². The van der Waals surface area contributed by atoms with Gasteiger partial charge >= 0.3 is 5.97 Å². The maximum Gasteiger partial charge on any atom is 0.309 e. The Balaban J connectivity index is 2.61. The molecular weight excluding hydrogens is 287 g/mol. The zero-order valence-corrected chi connectivity index (χ0v) is 11.2. The molecule has 0 fully saturated rings. The summed E-state index contributed by atoms with van der Waals surface area (Å²) in [6, 6.07) is 8.45. The van der Waals surface area contributed by atoms with Gasteiger partial charge in [-0.3, -0.25) is 4.79 Å². The number of nitrogens with two attached hydrogens (primary N) is 1. The molecule has 98 valence electrons. The number of rotatable bonds is 3. The molecule has 0 bridgehead atoms. The maximum atomic E-state index is 10.9. The van der Waals surface area contributed by atoms with Crippen molar-refractivity contribution in [3.05, 3.63) is 46.1 Å². The molecule has 0 spiro atoms. The highest BCUT2D eigenvalue weighted by atomic mass is 35.5. The van der Waals surface area contributed by atoms with Crippen LogP contribution in [0.4, 0.5) is 5.82 Å². The first kappa shape index (κ1) is 13.6. The average molecular weight is 297 g/mol. The summed E-state index contributed by atoms with van der Waals surface area (Å²) in [7, 11) is 0. The molecule has 0 unspecified atom stereocenters. The lowest BCUT2D eigenvalue weighted by atomic mass is 10.0. The van der Waals surface area contributed by atoms with Crippen molar-refractivity contribution in [2.75, 3.05) is 5.73 Å². The number of hydrogen-bond acceptors (Lipinski definition) is 3. The molecule has 0 amide bonds. The van der Waals surface area contributed by atoms with Gasteiger partial charge in [0.25, 0.3) is 0 Å². The highest BCUT2D eigenvalue weighted by Crippen LogP contribution is 2.35. The number of nitrogens with zero attached hydrogens (tertiary/aromatic N) is 1. The minimum absolute atomic E-state index is 0.233. The standard InChI is InChI=1S/C13H10Cl2N2O2/c14-9-3-1-2-8(13(9)15)7-4-5-11(16)17-10(7)6-12(18)19/h1-5H,6H2,(H2,16,17)(H,18,19). The van der Waals surface area contributed by atoms with Crippen LogP contribution in [0.5, 0.6) is 0 Å². The van der Waals surface area contributed by atoms with E-state index in [9.17, 15) is 4.79 Å². The highest BCUT2D eigenvalue weighted by Gasteiger charge is 2.14. The number of aliphatic carboxylic acids is 1. The van der Waals surface area contributed by atoms with Crippen LogP contribution in [-0.2, 0) is 11.2 Å². The molecule has 0 atom stereocenters. The quantitative estimate of drug-likeness (QED) is 0.911. The number of benzene rings is 1. The number of carboxylic acids is 1. The Labute approximate surface area is 119 Å². The van der Waals surface area contributed by atoms with E-state index in [0.29, 0.717) is 26.9 Å². The largest absolute Gasteiger partial charge is 0.481 e. The highest BCUT2D eigenvalue weighted by molar-refractivity contribution is 6.43. The first-order chi connectivity index (χ1) is 8.99. The number of aromatic nitrogens is 1. The minimum Gasteiger partial charge on any atom is -0.481 e. The van der Waals surface area contributed by atoms with E-state index in [2.05, 4.69) is 4.98 Å². The van der Waals surface area contributed by atoms with Crippen LogP contribution in [0, 0.1) is 0 Å². The number of nitrogen functional groups attached to an aromatic ring is 1. The van der Waals surface area contributed by atoms with Gasteiger partial charge in [-0.15, -0.1) is 0 Å². The molecule has 0 saturated carbocycles. The molecule has 1 aromatic carbocycles. The van der Waals surface area contributed by atoms with Gasteiger partial charge < -0.3 is 10.8 Å². The van der Waals surface area contributed by atoms with Gasteiger partial charge in [0.1, 0.15) is 5.82 Å². The van der Waals surface area contributed by atoms with Crippen molar-refractivity contribution in [3.8, 4) is 11.1 Å². The molecule has 0 aliphatic carbocycles. The molecule has 3 N–H and O–H groups in total. The molecule has 2 aromatic rings. The Hall–Kier alpha value is -1.78. The van der Waals surface area contributed by atoms with Crippen LogP contribution >= 0.6 is 23.2 Å². The molecule has 0 aliphatic heterocycles. The predicted octanol–water partition coefficient (Wildman–Crippen LogP) is 3.26. The Morgan fingerprint density at radius 1 is 1.21 bits per heavy atom. The SMILES string of the molecule is Nc1ccc(-c2cccc(Cl)c2Cl)c(CC(=O)O)n1. The lowest BCUT2D eigenvalue weighted by Gasteiger charge is -2.10. The summed E-state index contributed by atoms with van der Waals surface area (Å²) < 4.78 is 0. The van der Waals surface area contributed by atoms with E-state index in [1.165, 1.54) is 0 Å². The van der Waals surface area contributed by atoms with Gasteiger partial charge in [-0.2, -0.15) is 0 Å². The van der Waals surface area contributed by atoms with Crippen molar-refractivity contribution in [2.45, 2.75) is 6.42 Å². The van der Waals surface area contributed by atoms with Crippen LogP contribution in [0.2, 0.25) is 10.0 Å². The number of halogens is 2. The predicted molar refractivity (Wildman–Crippen MR) is 75.4 cm³/mol. The van der Waals surface area contributed by atoms with Gasteiger partial charge in [0, 0.05) is 11.1 Å². The average Bonchev–Trinajstić information content (AvgIpc) is 2.33. The van der Waals surface area contributed by atoms with Crippen molar-refractivity contribution >= 4 is 35.0 Å². The van der Waals surface area contributed by atoms with E-state index < -0.39 is 5.97 Å². The Bertz CT molecular complexity index is 645. The van der Waals surface area contributed by atoms with E-state index in [1.807, 2.05) is 0 Å². The Morgan fingerprint density at radius 2 is 1.95 bits per heavy atom. The summed E-state index contributed by atoms with van der Waals surface area (Å²) in [5.74, 6) is -0.726. The maximum absolute atomic E-state index is 10.9. The normalized spacial score (nSPS) is 10.4. The summed E-state index contributed by atoms with van der Waals surface area (Å²) >= 11 is 12.1.